The maximum Gasteiger partial charge on any atom is 0.326 e. The van der Waals surface area contributed by atoms with Crippen LogP contribution in [0, 0.1) is 11.3 Å². The summed E-state index contributed by atoms with van der Waals surface area (Å²) in [5.74, 6) is -0.658. The van der Waals surface area contributed by atoms with Crippen LogP contribution in [0.4, 0.5) is 4.79 Å². The normalized spacial score (nSPS) is 19.0. The number of hydrogen-bond donors (Lipinski definition) is 3. The standard InChI is InChI=1S/C15H29N3O3/c1-11(10-18-7-5-6-8-18)9-16-14(21)17-12(13(19)20)15(2,3)4/h11-12H,5-10H2,1-4H3,(H,19,20)(H2,16,17,21)/t11?,12-/m1/s1. The van der Waals surface area contributed by atoms with Crippen molar-refractivity contribution in [1.82, 2.24) is 15.5 Å². The fourth-order valence-corrected chi connectivity index (χ4v) is 2.57. The lowest BCUT2D eigenvalue weighted by Gasteiger charge is -2.28. The Kier molecular flexibility index (Phi) is 6.45. The first kappa shape index (κ1) is 17.8. The van der Waals surface area contributed by atoms with E-state index < -0.39 is 23.5 Å². The number of carbonyl (C=O) groups excluding carboxylic acids is 1. The van der Waals surface area contributed by atoms with Crippen molar-refractivity contribution in [2.24, 2.45) is 11.3 Å². The van der Waals surface area contributed by atoms with E-state index in [4.69, 9.17) is 0 Å². The lowest BCUT2D eigenvalue weighted by atomic mass is 9.87. The Morgan fingerprint density at radius 2 is 1.81 bits per heavy atom. The highest BCUT2D eigenvalue weighted by Gasteiger charge is 2.32. The van der Waals surface area contributed by atoms with E-state index in [9.17, 15) is 14.7 Å². The lowest BCUT2D eigenvalue weighted by Crippen LogP contribution is -2.53. The third-order valence-corrected chi connectivity index (χ3v) is 3.77. The predicted octanol–water partition coefficient (Wildman–Crippen LogP) is 1.52. The minimum absolute atomic E-state index is 0.353. The molecular weight excluding hydrogens is 270 g/mol. The Bertz CT molecular complexity index is 360. The molecule has 21 heavy (non-hydrogen) atoms. The summed E-state index contributed by atoms with van der Waals surface area (Å²) in [5.41, 5.74) is -0.523. The molecule has 1 aliphatic heterocycles. The fourth-order valence-electron chi connectivity index (χ4n) is 2.57. The molecule has 0 aromatic carbocycles. The van der Waals surface area contributed by atoms with Gasteiger partial charge < -0.3 is 20.6 Å². The Balaban J connectivity index is 2.33. The van der Waals surface area contributed by atoms with Crippen LogP contribution in [-0.4, -0.2) is 54.2 Å². The molecule has 2 atom stereocenters. The van der Waals surface area contributed by atoms with Gasteiger partial charge in [0.2, 0.25) is 0 Å². The average Bonchev–Trinajstić information content (AvgIpc) is 2.84. The molecule has 0 bridgehead atoms. The summed E-state index contributed by atoms with van der Waals surface area (Å²) in [7, 11) is 0. The van der Waals surface area contributed by atoms with Crippen LogP contribution < -0.4 is 10.6 Å². The van der Waals surface area contributed by atoms with Crippen molar-refractivity contribution in [1.29, 1.82) is 0 Å². The molecule has 0 radical (unpaired) electrons. The molecule has 1 aliphatic rings. The molecule has 1 unspecified atom stereocenters. The molecule has 122 valence electrons. The minimum Gasteiger partial charge on any atom is -0.480 e. The van der Waals surface area contributed by atoms with E-state index >= 15 is 0 Å². The maximum atomic E-state index is 11.8. The van der Waals surface area contributed by atoms with Gasteiger partial charge in [0.15, 0.2) is 0 Å². The van der Waals surface area contributed by atoms with E-state index in [1.54, 1.807) is 20.8 Å². The van der Waals surface area contributed by atoms with E-state index in [0.717, 1.165) is 19.6 Å². The highest BCUT2D eigenvalue weighted by Crippen LogP contribution is 2.19. The third-order valence-electron chi connectivity index (χ3n) is 3.77. The SMILES string of the molecule is CC(CNC(=O)N[C@H](C(=O)O)C(C)(C)C)CN1CCCC1. The number of rotatable bonds is 6. The molecule has 6 heteroatoms. The number of carboxylic acid groups (broad SMARTS) is 1. The Morgan fingerprint density at radius 1 is 1.24 bits per heavy atom. The van der Waals surface area contributed by atoms with Crippen LogP contribution in [0.15, 0.2) is 0 Å². The van der Waals surface area contributed by atoms with Gasteiger partial charge in [-0.05, 0) is 37.3 Å². The second-order valence-electron chi connectivity index (χ2n) is 7.10. The smallest absolute Gasteiger partial charge is 0.326 e. The Hall–Kier alpha value is -1.30. The molecule has 3 N–H and O–H groups in total. The minimum atomic E-state index is -1.01. The number of nitrogens with one attached hydrogen (secondary N) is 2. The molecule has 0 aromatic heterocycles. The highest BCUT2D eigenvalue weighted by molar-refractivity contribution is 5.83. The molecule has 6 nitrogen and oxygen atoms in total. The van der Waals surface area contributed by atoms with Gasteiger partial charge in [0, 0.05) is 13.1 Å². The first-order valence-electron chi connectivity index (χ1n) is 7.69. The van der Waals surface area contributed by atoms with Crippen LogP contribution >= 0.6 is 0 Å². The zero-order chi connectivity index (χ0) is 16.0. The summed E-state index contributed by atoms with van der Waals surface area (Å²) in [4.78, 5) is 25.5. The maximum absolute atomic E-state index is 11.8. The van der Waals surface area contributed by atoms with Crippen molar-refractivity contribution in [2.45, 2.75) is 46.6 Å². The summed E-state index contributed by atoms with van der Waals surface area (Å²) in [6.07, 6.45) is 2.51. The quantitative estimate of drug-likeness (QED) is 0.694. The Labute approximate surface area is 127 Å². The van der Waals surface area contributed by atoms with Gasteiger partial charge in [0.25, 0.3) is 0 Å². The van der Waals surface area contributed by atoms with Crippen molar-refractivity contribution < 1.29 is 14.7 Å². The van der Waals surface area contributed by atoms with Crippen molar-refractivity contribution >= 4 is 12.0 Å². The zero-order valence-corrected chi connectivity index (χ0v) is 13.6. The molecule has 1 saturated heterocycles. The monoisotopic (exact) mass is 299 g/mol. The number of likely N-dealkylation sites (tertiary alicyclic amines) is 1. The molecule has 0 aliphatic carbocycles. The molecule has 1 fully saturated rings. The van der Waals surface area contributed by atoms with Gasteiger partial charge in [-0.25, -0.2) is 9.59 Å². The van der Waals surface area contributed by atoms with Gasteiger partial charge in [0.05, 0.1) is 0 Å². The average molecular weight is 299 g/mol. The van der Waals surface area contributed by atoms with Crippen LogP contribution in [0.1, 0.15) is 40.5 Å². The second kappa shape index (κ2) is 7.64. The summed E-state index contributed by atoms with van der Waals surface area (Å²) < 4.78 is 0. The number of hydrogen-bond acceptors (Lipinski definition) is 3. The van der Waals surface area contributed by atoms with Crippen molar-refractivity contribution in [2.75, 3.05) is 26.2 Å². The van der Waals surface area contributed by atoms with Gasteiger partial charge in [-0.1, -0.05) is 27.7 Å². The highest BCUT2D eigenvalue weighted by atomic mass is 16.4. The van der Waals surface area contributed by atoms with Crippen LogP contribution in [0.3, 0.4) is 0 Å². The number of amides is 2. The number of nitrogens with zero attached hydrogens (tertiary/aromatic N) is 1. The first-order chi connectivity index (χ1) is 9.70. The van der Waals surface area contributed by atoms with Gasteiger partial charge in [-0.3, -0.25) is 0 Å². The van der Waals surface area contributed by atoms with Crippen LogP contribution in [0.25, 0.3) is 0 Å². The van der Waals surface area contributed by atoms with E-state index in [2.05, 4.69) is 22.5 Å². The Morgan fingerprint density at radius 3 is 2.29 bits per heavy atom. The van der Waals surface area contributed by atoms with Gasteiger partial charge in [0.1, 0.15) is 6.04 Å². The predicted molar refractivity (Wildman–Crippen MR) is 82.3 cm³/mol. The van der Waals surface area contributed by atoms with Crippen LogP contribution in [0.2, 0.25) is 0 Å². The molecule has 1 heterocycles. The number of carbonyl (C=O) groups is 2. The van der Waals surface area contributed by atoms with Crippen molar-refractivity contribution in [3.8, 4) is 0 Å². The number of aliphatic carboxylic acids is 1. The fraction of sp³-hybridized carbons (Fsp3) is 0.867. The second-order valence-corrected chi connectivity index (χ2v) is 7.10. The van der Waals surface area contributed by atoms with Gasteiger partial charge in [-0.15, -0.1) is 0 Å². The van der Waals surface area contributed by atoms with Gasteiger partial charge in [-0.2, -0.15) is 0 Å². The van der Waals surface area contributed by atoms with Crippen molar-refractivity contribution in [3.63, 3.8) is 0 Å². The van der Waals surface area contributed by atoms with Crippen LogP contribution in [-0.2, 0) is 4.79 Å². The summed E-state index contributed by atoms with van der Waals surface area (Å²) in [6, 6.07) is -1.31. The van der Waals surface area contributed by atoms with E-state index in [-0.39, 0.29) is 0 Å². The summed E-state index contributed by atoms with van der Waals surface area (Å²) in [5, 5.41) is 14.5. The summed E-state index contributed by atoms with van der Waals surface area (Å²) >= 11 is 0. The topological polar surface area (TPSA) is 81.7 Å². The zero-order valence-electron chi connectivity index (χ0n) is 13.6. The number of carboxylic acids is 1. The molecule has 0 saturated carbocycles. The molecule has 0 spiro atoms. The summed E-state index contributed by atoms with van der Waals surface area (Å²) in [6.45, 7) is 11.3. The third kappa shape index (κ3) is 6.33. The number of urea groups is 1. The van der Waals surface area contributed by atoms with Crippen molar-refractivity contribution in [3.05, 3.63) is 0 Å². The molecule has 2 amide bonds. The van der Waals surface area contributed by atoms with Crippen LogP contribution in [0.5, 0.6) is 0 Å². The molecule has 0 aromatic rings. The van der Waals surface area contributed by atoms with E-state index in [0.29, 0.717) is 12.5 Å². The molecular formula is C15H29N3O3. The largest absolute Gasteiger partial charge is 0.480 e. The lowest BCUT2D eigenvalue weighted by molar-refractivity contribution is -0.141. The molecule has 1 rings (SSSR count). The van der Waals surface area contributed by atoms with E-state index in [1.165, 1.54) is 12.8 Å². The van der Waals surface area contributed by atoms with Gasteiger partial charge >= 0.3 is 12.0 Å². The van der Waals surface area contributed by atoms with E-state index in [1.807, 2.05) is 0 Å². The first-order valence-corrected chi connectivity index (χ1v) is 7.69.